The van der Waals surface area contributed by atoms with E-state index >= 15 is 0 Å². The molecule has 3 rings (SSSR count). The van der Waals surface area contributed by atoms with Crippen molar-refractivity contribution in [1.82, 2.24) is 10.2 Å². The number of hydrogen-bond acceptors (Lipinski definition) is 2. The predicted octanol–water partition coefficient (Wildman–Crippen LogP) is 2.44. The van der Waals surface area contributed by atoms with Crippen LogP contribution in [0.15, 0.2) is 60.7 Å². The number of benzene rings is 2. The summed E-state index contributed by atoms with van der Waals surface area (Å²) in [6.07, 6.45) is 1.95. The lowest BCUT2D eigenvalue weighted by molar-refractivity contribution is -0.121. The number of piperazine rings is 1. The highest BCUT2D eigenvalue weighted by atomic mass is 16.1. The first kappa shape index (κ1) is 14.8. The van der Waals surface area contributed by atoms with Gasteiger partial charge in [-0.1, -0.05) is 60.7 Å². The maximum Gasteiger partial charge on any atom is 0.210 e. The summed E-state index contributed by atoms with van der Waals surface area (Å²) in [5, 5.41) is 3.43. The molecular weight excluding hydrogens is 272 g/mol. The molecule has 0 radical (unpaired) electrons. The molecule has 0 aromatic heterocycles. The van der Waals surface area contributed by atoms with Gasteiger partial charge in [-0.05, 0) is 17.5 Å². The summed E-state index contributed by atoms with van der Waals surface area (Å²) >= 11 is 0. The largest absolute Gasteiger partial charge is 0.339 e. The molecule has 2 atom stereocenters. The highest BCUT2D eigenvalue weighted by Gasteiger charge is 2.30. The number of nitrogens with one attached hydrogen (secondary N) is 1. The second-order valence-electron chi connectivity index (χ2n) is 5.82. The third-order valence-corrected chi connectivity index (χ3v) is 4.45. The number of rotatable bonds is 5. The Morgan fingerprint density at radius 1 is 1.09 bits per heavy atom. The third-order valence-electron chi connectivity index (χ3n) is 4.45. The van der Waals surface area contributed by atoms with Crippen LogP contribution in [0.2, 0.25) is 0 Å². The average Bonchev–Trinajstić information content (AvgIpc) is 2.61. The summed E-state index contributed by atoms with van der Waals surface area (Å²) in [6.45, 7) is 2.51. The van der Waals surface area contributed by atoms with Crippen molar-refractivity contribution in [3.63, 3.8) is 0 Å². The van der Waals surface area contributed by atoms with Crippen molar-refractivity contribution in [3.8, 4) is 0 Å². The Bertz CT molecular complexity index is 585. The summed E-state index contributed by atoms with van der Waals surface area (Å²) in [4.78, 5) is 13.4. The van der Waals surface area contributed by atoms with Gasteiger partial charge in [-0.3, -0.25) is 4.79 Å². The van der Waals surface area contributed by atoms with Crippen molar-refractivity contribution in [1.29, 1.82) is 0 Å². The topological polar surface area (TPSA) is 32.3 Å². The smallest absolute Gasteiger partial charge is 0.210 e. The first-order chi connectivity index (χ1) is 10.9. The summed E-state index contributed by atoms with van der Waals surface area (Å²) in [6, 6.07) is 21.3. The zero-order valence-corrected chi connectivity index (χ0v) is 12.7. The number of carbonyl (C=O) groups excluding carboxylic acids is 1. The molecule has 3 heteroatoms. The van der Waals surface area contributed by atoms with Crippen molar-refractivity contribution in [2.24, 2.45) is 0 Å². The Morgan fingerprint density at radius 2 is 1.77 bits per heavy atom. The normalized spacial score (nSPS) is 19.6. The molecule has 22 heavy (non-hydrogen) atoms. The van der Waals surface area contributed by atoms with Crippen molar-refractivity contribution < 1.29 is 4.79 Å². The summed E-state index contributed by atoms with van der Waals surface area (Å²) in [5.74, 6) is 0.307. The molecule has 0 spiro atoms. The van der Waals surface area contributed by atoms with Gasteiger partial charge in [-0.25, -0.2) is 0 Å². The molecule has 1 fully saturated rings. The molecule has 1 heterocycles. The molecule has 1 amide bonds. The summed E-state index contributed by atoms with van der Waals surface area (Å²) < 4.78 is 0. The SMILES string of the molecule is O=CN1CCNCC1C(Cc1ccccc1)c1ccccc1. The van der Waals surface area contributed by atoms with E-state index in [1.807, 2.05) is 17.0 Å². The van der Waals surface area contributed by atoms with Crippen LogP contribution < -0.4 is 5.32 Å². The van der Waals surface area contributed by atoms with Gasteiger partial charge in [0.1, 0.15) is 0 Å². The predicted molar refractivity (Wildman–Crippen MR) is 88.8 cm³/mol. The van der Waals surface area contributed by atoms with Crippen molar-refractivity contribution in [3.05, 3.63) is 71.8 Å². The van der Waals surface area contributed by atoms with Gasteiger partial charge in [0.15, 0.2) is 0 Å². The maximum atomic E-state index is 11.5. The molecule has 114 valence electrons. The fourth-order valence-electron chi connectivity index (χ4n) is 3.29. The second-order valence-corrected chi connectivity index (χ2v) is 5.82. The quantitative estimate of drug-likeness (QED) is 0.859. The standard InChI is InChI=1S/C19H22N2O/c22-15-21-12-11-20-14-19(21)18(17-9-5-2-6-10-17)13-16-7-3-1-4-8-16/h1-10,15,18-20H,11-14H2. The highest BCUT2D eigenvalue weighted by Crippen LogP contribution is 2.28. The average molecular weight is 294 g/mol. The van der Waals surface area contributed by atoms with Crippen LogP contribution in [0.4, 0.5) is 0 Å². The van der Waals surface area contributed by atoms with Gasteiger partial charge < -0.3 is 10.2 Å². The monoisotopic (exact) mass is 294 g/mol. The summed E-state index contributed by atoms with van der Waals surface area (Å²) in [7, 11) is 0. The van der Waals surface area contributed by atoms with Gasteiger partial charge in [0, 0.05) is 25.6 Å². The number of amides is 1. The molecule has 2 aromatic rings. The van der Waals surface area contributed by atoms with Gasteiger partial charge >= 0.3 is 0 Å². The molecule has 3 nitrogen and oxygen atoms in total. The van der Waals surface area contributed by atoms with E-state index in [-0.39, 0.29) is 6.04 Å². The van der Waals surface area contributed by atoms with Crippen LogP contribution in [0, 0.1) is 0 Å². The number of carbonyl (C=O) groups is 1. The molecule has 0 saturated carbocycles. The third kappa shape index (κ3) is 3.37. The van der Waals surface area contributed by atoms with Crippen LogP contribution >= 0.6 is 0 Å². The van der Waals surface area contributed by atoms with Crippen molar-refractivity contribution >= 4 is 6.41 Å². The van der Waals surface area contributed by atoms with Gasteiger partial charge in [0.2, 0.25) is 6.41 Å². The van der Waals surface area contributed by atoms with E-state index in [0.29, 0.717) is 5.92 Å². The molecule has 0 aliphatic carbocycles. The maximum absolute atomic E-state index is 11.5. The molecule has 1 saturated heterocycles. The fourth-order valence-corrected chi connectivity index (χ4v) is 3.29. The Kier molecular flexibility index (Phi) is 4.86. The van der Waals surface area contributed by atoms with E-state index < -0.39 is 0 Å². The first-order valence-electron chi connectivity index (χ1n) is 7.89. The van der Waals surface area contributed by atoms with E-state index in [0.717, 1.165) is 32.5 Å². The molecule has 2 aromatic carbocycles. The van der Waals surface area contributed by atoms with Gasteiger partial charge in [-0.2, -0.15) is 0 Å². The number of hydrogen-bond donors (Lipinski definition) is 1. The lowest BCUT2D eigenvalue weighted by Crippen LogP contribution is -2.53. The minimum absolute atomic E-state index is 0.203. The van der Waals surface area contributed by atoms with Crippen molar-refractivity contribution in [2.75, 3.05) is 19.6 Å². The van der Waals surface area contributed by atoms with Gasteiger partial charge in [0.25, 0.3) is 0 Å². The molecule has 0 bridgehead atoms. The Labute approximate surface area is 132 Å². The lowest BCUT2D eigenvalue weighted by Gasteiger charge is -2.39. The van der Waals surface area contributed by atoms with E-state index in [1.54, 1.807) is 0 Å². The molecule has 1 aliphatic rings. The zero-order chi connectivity index (χ0) is 15.2. The van der Waals surface area contributed by atoms with Crippen LogP contribution in [0.3, 0.4) is 0 Å². The fraction of sp³-hybridized carbons (Fsp3) is 0.316. The van der Waals surface area contributed by atoms with Crippen LogP contribution in [0.25, 0.3) is 0 Å². The molecule has 1 N–H and O–H groups in total. The minimum atomic E-state index is 0.203. The van der Waals surface area contributed by atoms with Gasteiger partial charge in [0.05, 0.1) is 6.04 Å². The van der Waals surface area contributed by atoms with Crippen LogP contribution in [-0.2, 0) is 11.2 Å². The molecular formula is C19H22N2O. The van der Waals surface area contributed by atoms with Crippen molar-refractivity contribution in [2.45, 2.75) is 18.4 Å². The van der Waals surface area contributed by atoms with E-state index in [4.69, 9.17) is 0 Å². The van der Waals surface area contributed by atoms with Crippen LogP contribution in [0.5, 0.6) is 0 Å². The van der Waals surface area contributed by atoms with Gasteiger partial charge in [-0.15, -0.1) is 0 Å². The van der Waals surface area contributed by atoms with E-state index in [1.165, 1.54) is 11.1 Å². The number of nitrogens with zero attached hydrogens (tertiary/aromatic N) is 1. The first-order valence-corrected chi connectivity index (χ1v) is 7.89. The molecule has 1 aliphatic heterocycles. The lowest BCUT2D eigenvalue weighted by atomic mass is 9.84. The van der Waals surface area contributed by atoms with Crippen LogP contribution in [-0.4, -0.2) is 37.0 Å². The van der Waals surface area contributed by atoms with Crippen LogP contribution in [0.1, 0.15) is 17.0 Å². The summed E-state index contributed by atoms with van der Waals surface area (Å²) in [5.41, 5.74) is 2.61. The highest BCUT2D eigenvalue weighted by molar-refractivity contribution is 5.49. The minimum Gasteiger partial charge on any atom is -0.339 e. The Morgan fingerprint density at radius 3 is 2.45 bits per heavy atom. The van der Waals surface area contributed by atoms with E-state index in [2.05, 4.69) is 53.8 Å². The Hall–Kier alpha value is -2.13. The molecule has 2 unspecified atom stereocenters. The Balaban J connectivity index is 1.90. The van der Waals surface area contributed by atoms with E-state index in [9.17, 15) is 4.79 Å². The second kappa shape index (κ2) is 7.23. The zero-order valence-electron chi connectivity index (χ0n) is 12.7.